The Balaban J connectivity index is 1.65. The summed E-state index contributed by atoms with van der Waals surface area (Å²) in [5.74, 6) is 1.14. The van der Waals surface area contributed by atoms with Crippen molar-refractivity contribution in [2.45, 2.75) is 38.1 Å². The van der Waals surface area contributed by atoms with Crippen LogP contribution in [0.1, 0.15) is 36.5 Å². The molecule has 0 fully saturated rings. The fourth-order valence-electron chi connectivity index (χ4n) is 4.15. The first-order chi connectivity index (χ1) is 12.6. The van der Waals surface area contributed by atoms with Crippen LogP contribution in [0.3, 0.4) is 0 Å². The number of ether oxygens (including phenoxy) is 1. The Kier molecular flexibility index (Phi) is 4.05. The van der Waals surface area contributed by atoms with E-state index in [1.807, 2.05) is 12.2 Å². The number of anilines is 1. The summed E-state index contributed by atoms with van der Waals surface area (Å²) in [5, 5.41) is 9.36. The minimum Gasteiger partial charge on any atom is -0.462 e. The fraction of sp³-hybridized carbons (Fsp3) is 0.364. The highest BCUT2D eigenvalue weighted by molar-refractivity contribution is 5.68. The zero-order chi connectivity index (χ0) is 18.1. The summed E-state index contributed by atoms with van der Waals surface area (Å²) in [5.41, 5.74) is 4.24. The molecule has 3 heterocycles. The summed E-state index contributed by atoms with van der Waals surface area (Å²) in [6, 6.07) is 6.61. The molecule has 0 radical (unpaired) electrons. The number of rotatable bonds is 2. The van der Waals surface area contributed by atoms with E-state index >= 15 is 0 Å². The van der Waals surface area contributed by atoms with Crippen molar-refractivity contribution in [3.8, 4) is 6.07 Å². The number of nitrogens with zero attached hydrogens (tertiary/aromatic N) is 3. The molecular formula is C22H21N3O. The summed E-state index contributed by atoms with van der Waals surface area (Å²) in [4.78, 5) is 6.00. The molecule has 0 N–H and O–H groups in total. The van der Waals surface area contributed by atoms with Gasteiger partial charge >= 0.3 is 5.54 Å². The Labute approximate surface area is 154 Å². The lowest BCUT2D eigenvalue weighted by Gasteiger charge is -2.37. The van der Waals surface area contributed by atoms with E-state index in [4.69, 9.17) is 11.3 Å². The van der Waals surface area contributed by atoms with E-state index in [9.17, 15) is 5.26 Å². The van der Waals surface area contributed by atoms with Crippen LogP contribution in [0.5, 0.6) is 0 Å². The van der Waals surface area contributed by atoms with Gasteiger partial charge in [0.25, 0.3) is 0 Å². The highest BCUT2D eigenvalue weighted by atomic mass is 16.5. The van der Waals surface area contributed by atoms with Gasteiger partial charge in [0.2, 0.25) is 0 Å². The van der Waals surface area contributed by atoms with Gasteiger partial charge in [-0.25, -0.2) is 6.57 Å². The maximum Gasteiger partial charge on any atom is 0.359 e. The van der Waals surface area contributed by atoms with Crippen molar-refractivity contribution >= 4 is 11.8 Å². The third kappa shape index (κ3) is 2.89. The second-order valence-electron chi connectivity index (χ2n) is 7.17. The van der Waals surface area contributed by atoms with Crippen LogP contribution in [0, 0.1) is 17.9 Å². The standard InChI is InChI=1S/C22H21N3O/c1-16-13-22(15-23,24-2)14-20(26-16)8-7-17-11-18-5-3-9-25-10-4-6-19(12-17)21(18)25/h7-8,11-14H,3-6,9-10H2,1H3/b8-7+. The lowest BCUT2D eigenvalue weighted by atomic mass is 9.90. The minimum absolute atomic E-state index is 0.551. The fourth-order valence-corrected chi connectivity index (χ4v) is 4.15. The van der Waals surface area contributed by atoms with Crippen molar-refractivity contribution < 1.29 is 4.74 Å². The van der Waals surface area contributed by atoms with Crippen molar-refractivity contribution in [2.75, 3.05) is 18.0 Å². The number of hydrogen-bond donors (Lipinski definition) is 0. The number of aryl methyl sites for hydroxylation is 2. The molecule has 0 amide bonds. The molecule has 1 atom stereocenters. The molecule has 4 heteroatoms. The van der Waals surface area contributed by atoms with Crippen LogP contribution in [0.15, 0.2) is 41.9 Å². The van der Waals surface area contributed by atoms with Crippen LogP contribution in [0.2, 0.25) is 0 Å². The first-order valence-corrected chi connectivity index (χ1v) is 9.11. The largest absolute Gasteiger partial charge is 0.462 e. The molecule has 0 saturated carbocycles. The van der Waals surface area contributed by atoms with Gasteiger partial charge in [-0.3, -0.25) is 4.85 Å². The second-order valence-corrected chi connectivity index (χ2v) is 7.17. The van der Waals surface area contributed by atoms with Gasteiger partial charge in [-0.1, -0.05) is 6.08 Å². The first kappa shape index (κ1) is 16.5. The molecule has 0 bridgehead atoms. The van der Waals surface area contributed by atoms with Gasteiger partial charge in [-0.2, -0.15) is 5.26 Å². The van der Waals surface area contributed by atoms with E-state index in [1.165, 1.54) is 42.7 Å². The van der Waals surface area contributed by atoms with E-state index in [2.05, 4.69) is 27.9 Å². The van der Waals surface area contributed by atoms with Gasteiger partial charge in [0.1, 0.15) is 11.5 Å². The van der Waals surface area contributed by atoms with Crippen LogP contribution >= 0.6 is 0 Å². The number of allylic oxidation sites excluding steroid dienone is 2. The smallest absolute Gasteiger partial charge is 0.359 e. The molecule has 3 aliphatic rings. The van der Waals surface area contributed by atoms with Gasteiger partial charge in [0.15, 0.2) is 6.07 Å². The Bertz CT molecular complexity index is 879. The zero-order valence-electron chi connectivity index (χ0n) is 15.0. The summed E-state index contributed by atoms with van der Waals surface area (Å²) in [6.45, 7) is 11.5. The molecule has 1 aromatic carbocycles. The van der Waals surface area contributed by atoms with Crippen molar-refractivity contribution in [2.24, 2.45) is 0 Å². The minimum atomic E-state index is -1.26. The van der Waals surface area contributed by atoms with Crippen LogP contribution in [0.25, 0.3) is 10.9 Å². The molecule has 3 aliphatic heterocycles. The molecular weight excluding hydrogens is 322 g/mol. The van der Waals surface area contributed by atoms with Gasteiger partial charge in [0, 0.05) is 18.8 Å². The quantitative estimate of drug-likeness (QED) is 0.748. The second kappa shape index (κ2) is 6.39. The maximum absolute atomic E-state index is 9.36. The summed E-state index contributed by atoms with van der Waals surface area (Å²) >= 11 is 0. The number of benzene rings is 1. The molecule has 26 heavy (non-hydrogen) atoms. The molecule has 0 spiro atoms. The molecule has 0 aliphatic carbocycles. The number of nitriles is 1. The third-order valence-electron chi connectivity index (χ3n) is 5.22. The monoisotopic (exact) mass is 343 g/mol. The van der Waals surface area contributed by atoms with Crippen LogP contribution in [0.4, 0.5) is 5.69 Å². The van der Waals surface area contributed by atoms with E-state index in [-0.39, 0.29) is 0 Å². The molecule has 0 aromatic heterocycles. The normalized spacial score (nSPS) is 24.0. The predicted molar refractivity (Wildman–Crippen MR) is 102 cm³/mol. The Morgan fingerprint density at radius 3 is 2.50 bits per heavy atom. The van der Waals surface area contributed by atoms with Crippen molar-refractivity contribution in [1.82, 2.24) is 0 Å². The van der Waals surface area contributed by atoms with Gasteiger partial charge in [-0.05, 0) is 67.5 Å². The zero-order valence-corrected chi connectivity index (χ0v) is 15.0. The molecule has 4 rings (SSSR count). The van der Waals surface area contributed by atoms with Crippen LogP contribution in [-0.4, -0.2) is 18.6 Å². The van der Waals surface area contributed by atoms with Crippen LogP contribution < -0.4 is 4.90 Å². The van der Waals surface area contributed by atoms with Crippen molar-refractivity contribution in [3.63, 3.8) is 0 Å². The van der Waals surface area contributed by atoms with Crippen molar-refractivity contribution in [1.29, 1.82) is 5.26 Å². The average Bonchev–Trinajstić information content (AvgIpc) is 2.66. The van der Waals surface area contributed by atoms with E-state index in [0.717, 1.165) is 18.4 Å². The van der Waals surface area contributed by atoms with Gasteiger partial charge in [0.05, 0.1) is 12.2 Å². The summed E-state index contributed by atoms with van der Waals surface area (Å²) in [7, 11) is 0. The Morgan fingerprint density at radius 1 is 1.19 bits per heavy atom. The molecule has 1 unspecified atom stereocenters. The highest BCUT2D eigenvalue weighted by Gasteiger charge is 2.35. The number of hydrogen-bond acceptors (Lipinski definition) is 3. The lowest BCUT2D eigenvalue weighted by Crippen LogP contribution is -2.34. The Hall–Kier alpha value is -2.98. The highest BCUT2D eigenvalue weighted by Crippen LogP contribution is 2.36. The van der Waals surface area contributed by atoms with E-state index in [1.54, 1.807) is 19.1 Å². The SMILES string of the molecule is [C-]#[N+]C1(C#N)C=C(C)OC(/C=C/c2cc3c4c(c2)CCCN4CCC3)=C1. The van der Waals surface area contributed by atoms with Crippen LogP contribution in [-0.2, 0) is 17.6 Å². The predicted octanol–water partition coefficient (Wildman–Crippen LogP) is 4.40. The third-order valence-corrected chi connectivity index (χ3v) is 5.22. The molecule has 4 nitrogen and oxygen atoms in total. The molecule has 1 aromatic rings. The Morgan fingerprint density at radius 2 is 1.88 bits per heavy atom. The first-order valence-electron chi connectivity index (χ1n) is 9.11. The molecule has 130 valence electrons. The summed E-state index contributed by atoms with van der Waals surface area (Å²) in [6.07, 6.45) is 11.8. The maximum atomic E-state index is 9.36. The average molecular weight is 343 g/mol. The topological polar surface area (TPSA) is 40.6 Å². The summed E-state index contributed by atoms with van der Waals surface area (Å²) < 4.78 is 5.70. The van der Waals surface area contributed by atoms with E-state index in [0.29, 0.717) is 11.5 Å². The van der Waals surface area contributed by atoms with Gasteiger partial charge in [-0.15, -0.1) is 0 Å². The van der Waals surface area contributed by atoms with Crippen molar-refractivity contribution in [3.05, 3.63) is 70.0 Å². The lowest BCUT2D eigenvalue weighted by molar-refractivity contribution is 0.309. The molecule has 0 saturated heterocycles. The van der Waals surface area contributed by atoms with Gasteiger partial charge < -0.3 is 9.64 Å². The van der Waals surface area contributed by atoms with E-state index < -0.39 is 5.54 Å².